The second-order valence-electron chi connectivity index (χ2n) is 10.6. The van der Waals surface area contributed by atoms with Crippen molar-refractivity contribution in [2.75, 3.05) is 36.4 Å². The van der Waals surface area contributed by atoms with Crippen molar-refractivity contribution in [2.24, 2.45) is 0 Å². The minimum Gasteiger partial charge on any atom is -0.368 e. The monoisotopic (exact) mass is 525 g/mol. The molecule has 0 atom stereocenters. The first kappa shape index (κ1) is 26.8. The highest BCUT2D eigenvalue weighted by atomic mass is 16.2. The summed E-state index contributed by atoms with van der Waals surface area (Å²) < 4.78 is 0. The van der Waals surface area contributed by atoms with E-state index in [0.29, 0.717) is 17.8 Å². The van der Waals surface area contributed by atoms with Crippen LogP contribution in [-0.4, -0.2) is 49.1 Å². The van der Waals surface area contributed by atoms with Crippen LogP contribution in [-0.2, 0) is 13.1 Å². The summed E-state index contributed by atoms with van der Waals surface area (Å²) in [4.78, 5) is 30.9. The molecule has 3 amide bonds. The molecule has 1 aliphatic heterocycles. The van der Waals surface area contributed by atoms with Crippen LogP contribution in [0, 0.1) is 0 Å². The van der Waals surface area contributed by atoms with Gasteiger partial charge in [-0.25, -0.2) is 4.79 Å². The summed E-state index contributed by atoms with van der Waals surface area (Å²) in [5.41, 5.74) is 4.51. The van der Waals surface area contributed by atoms with Crippen molar-refractivity contribution in [1.29, 1.82) is 0 Å². The number of carbonyl (C=O) groups is 2. The van der Waals surface area contributed by atoms with Crippen molar-refractivity contribution < 1.29 is 9.59 Å². The van der Waals surface area contributed by atoms with Crippen LogP contribution >= 0.6 is 0 Å². The van der Waals surface area contributed by atoms with E-state index in [9.17, 15) is 9.59 Å². The molecule has 2 aliphatic rings. The number of amides is 3. The summed E-state index contributed by atoms with van der Waals surface area (Å²) in [5.74, 6) is -0.0584. The molecule has 1 aliphatic carbocycles. The van der Waals surface area contributed by atoms with Crippen LogP contribution in [0.1, 0.15) is 53.6 Å². The zero-order valence-electron chi connectivity index (χ0n) is 22.6. The van der Waals surface area contributed by atoms with Gasteiger partial charge in [0.25, 0.3) is 5.91 Å². The summed E-state index contributed by atoms with van der Waals surface area (Å²) in [7, 11) is 0. The van der Waals surface area contributed by atoms with E-state index in [1.165, 1.54) is 12.0 Å². The number of carbonyl (C=O) groups excluding carboxylic acids is 2. The molecule has 7 heteroatoms. The van der Waals surface area contributed by atoms with Gasteiger partial charge in [-0.15, -0.1) is 0 Å². The van der Waals surface area contributed by atoms with Crippen LogP contribution in [0.25, 0.3) is 0 Å². The molecule has 1 saturated carbocycles. The Morgan fingerprint density at radius 3 is 2.13 bits per heavy atom. The lowest BCUT2D eigenvalue weighted by Gasteiger charge is -2.37. The molecule has 3 aromatic carbocycles. The van der Waals surface area contributed by atoms with Crippen molar-refractivity contribution >= 4 is 23.3 Å². The Hall–Kier alpha value is -3.84. The van der Waals surface area contributed by atoms with Gasteiger partial charge in [-0.2, -0.15) is 0 Å². The fourth-order valence-corrected chi connectivity index (χ4v) is 5.52. The van der Waals surface area contributed by atoms with Crippen LogP contribution in [0.2, 0.25) is 0 Å². The lowest BCUT2D eigenvalue weighted by atomic mass is 9.95. The average molecular weight is 526 g/mol. The van der Waals surface area contributed by atoms with Gasteiger partial charge in [0.1, 0.15) is 0 Å². The van der Waals surface area contributed by atoms with Crippen LogP contribution in [0.4, 0.5) is 16.2 Å². The third-order valence-electron chi connectivity index (χ3n) is 7.70. The van der Waals surface area contributed by atoms with E-state index in [4.69, 9.17) is 0 Å². The molecule has 7 nitrogen and oxygen atoms in total. The fraction of sp³-hybridized carbons (Fsp3) is 0.375. The first-order valence-corrected chi connectivity index (χ1v) is 14.2. The first-order chi connectivity index (χ1) is 19.1. The molecule has 5 rings (SSSR count). The Labute approximate surface area is 231 Å². The predicted octanol–water partition coefficient (Wildman–Crippen LogP) is 5.39. The van der Waals surface area contributed by atoms with Gasteiger partial charge in [0.05, 0.1) is 5.56 Å². The summed E-state index contributed by atoms with van der Waals surface area (Å²) in [6.45, 7) is 4.93. The van der Waals surface area contributed by atoms with E-state index in [1.54, 1.807) is 0 Å². The molecular weight excluding hydrogens is 486 g/mol. The number of hydrogen-bond acceptors (Lipinski definition) is 4. The van der Waals surface area contributed by atoms with Crippen molar-refractivity contribution in [2.45, 2.75) is 51.2 Å². The summed E-state index contributed by atoms with van der Waals surface area (Å²) >= 11 is 0. The lowest BCUT2D eigenvalue weighted by molar-refractivity contribution is 0.0928. The highest BCUT2D eigenvalue weighted by molar-refractivity contribution is 6.02. The quantitative estimate of drug-likeness (QED) is 0.368. The number of rotatable bonds is 8. The van der Waals surface area contributed by atoms with E-state index in [0.717, 1.165) is 69.7 Å². The molecule has 1 heterocycles. The van der Waals surface area contributed by atoms with E-state index < -0.39 is 0 Å². The van der Waals surface area contributed by atoms with Crippen LogP contribution in [0.5, 0.6) is 0 Å². The third-order valence-corrected chi connectivity index (χ3v) is 7.70. The zero-order valence-corrected chi connectivity index (χ0v) is 22.6. The number of hydrogen-bond donors (Lipinski definition) is 3. The molecule has 3 aromatic rings. The van der Waals surface area contributed by atoms with Crippen molar-refractivity contribution in [3.05, 3.63) is 95.6 Å². The summed E-state index contributed by atoms with van der Waals surface area (Å²) in [6.07, 6.45) is 5.61. The number of urea groups is 1. The predicted molar refractivity (Wildman–Crippen MR) is 157 cm³/mol. The Morgan fingerprint density at radius 1 is 0.769 bits per heavy atom. The second kappa shape index (κ2) is 13.3. The molecule has 204 valence electrons. The van der Waals surface area contributed by atoms with Crippen molar-refractivity contribution in [3.63, 3.8) is 0 Å². The van der Waals surface area contributed by atoms with Gasteiger partial charge in [-0.05, 0) is 42.2 Å². The number of benzene rings is 3. The Bertz CT molecular complexity index is 1220. The molecule has 2 fully saturated rings. The SMILES string of the molecule is O=C(NCc1ccccc1)Nc1ccc(N2CCN(Cc3ccccc3)CC2)c(C(=O)NC2CCCCC2)c1. The topological polar surface area (TPSA) is 76.7 Å². The van der Waals surface area contributed by atoms with Crippen LogP contribution < -0.4 is 20.9 Å². The van der Waals surface area contributed by atoms with Crippen LogP contribution in [0.3, 0.4) is 0 Å². The molecular formula is C32H39N5O2. The van der Waals surface area contributed by atoms with Gasteiger partial charge in [0.2, 0.25) is 0 Å². The minimum absolute atomic E-state index is 0.0584. The number of nitrogens with one attached hydrogen (secondary N) is 3. The molecule has 0 radical (unpaired) electrons. The minimum atomic E-state index is -0.292. The van der Waals surface area contributed by atoms with E-state index >= 15 is 0 Å². The van der Waals surface area contributed by atoms with Gasteiger partial charge in [-0.1, -0.05) is 79.9 Å². The fourth-order valence-electron chi connectivity index (χ4n) is 5.52. The maximum atomic E-state index is 13.6. The summed E-state index contributed by atoms with van der Waals surface area (Å²) in [5, 5.41) is 9.10. The molecule has 1 saturated heterocycles. The summed E-state index contributed by atoms with van der Waals surface area (Å²) in [6, 6.07) is 26.0. The van der Waals surface area contributed by atoms with E-state index in [1.807, 2.05) is 54.6 Å². The number of piperazine rings is 1. The van der Waals surface area contributed by atoms with E-state index in [-0.39, 0.29) is 18.0 Å². The molecule has 0 bridgehead atoms. The Kier molecular flexibility index (Phi) is 9.12. The van der Waals surface area contributed by atoms with Gasteiger partial charge in [0, 0.05) is 56.7 Å². The maximum Gasteiger partial charge on any atom is 0.319 e. The average Bonchev–Trinajstić information content (AvgIpc) is 2.98. The molecule has 0 spiro atoms. The van der Waals surface area contributed by atoms with Gasteiger partial charge in [0.15, 0.2) is 0 Å². The first-order valence-electron chi connectivity index (χ1n) is 14.2. The molecule has 0 unspecified atom stereocenters. The number of nitrogens with zero attached hydrogens (tertiary/aromatic N) is 2. The Balaban J connectivity index is 1.26. The Morgan fingerprint density at radius 2 is 1.44 bits per heavy atom. The van der Waals surface area contributed by atoms with E-state index in [2.05, 4.69) is 50.0 Å². The van der Waals surface area contributed by atoms with Crippen molar-refractivity contribution in [1.82, 2.24) is 15.5 Å². The maximum absolute atomic E-state index is 13.6. The third kappa shape index (κ3) is 7.60. The van der Waals surface area contributed by atoms with Gasteiger partial charge < -0.3 is 20.9 Å². The number of anilines is 2. The largest absolute Gasteiger partial charge is 0.368 e. The normalized spacial score (nSPS) is 16.5. The molecule has 3 N–H and O–H groups in total. The van der Waals surface area contributed by atoms with Crippen molar-refractivity contribution in [3.8, 4) is 0 Å². The molecule has 0 aromatic heterocycles. The second-order valence-corrected chi connectivity index (χ2v) is 10.6. The smallest absolute Gasteiger partial charge is 0.319 e. The zero-order chi connectivity index (χ0) is 26.9. The van der Waals surface area contributed by atoms with Crippen LogP contribution in [0.15, 0.2) is 78.9 Å². The van der Waals surface area contributed by atoms with Gasteiger partial charge >= 0.3 is 6.03 Å². The highest BCUT2D eigenvalue weighted by Crippen LogP contribution is 2.27. The van der Waals surface area contributed by atoms with Gasteiger partial charge in [-0.3, -0.25) is 9.69 Å². The standard InChI is InChI=1S/C32H39N5O2/c38-31(34-27-14-8-3-9-15-27)29-22-28(35-32(39)33-23-25-10-4-1-5-11-25)16-17-30(29)37-20-18-36(19-21-37)24-26-12-6-2-7-13-26/h1-2,4-7,10-13,16-17,22,27H,3,8-9,14-15,18-21,23-24H2,(H,34,38)(H2,33,35,39). The highest BCUT2D eigenvalue weighted by Gasteiger charge is 2.24. The molecule has 39 heavy (non-hydrogen) atoms. The lowest BCUT2D eigenvalue weighted by Crippen LogP contribution is -2.46.